The molecule has 0 atom stereocenters. The van der Waals surface area contributed by atoms with Gasteiger partial charge in [-0.05, 0) is 24.1 Å². The summed E-state index contributed by atoms with van der Waals surface area (Å²) < 4.78 is 0. The summed E-state index contributed by atoms with van der Waals surface area (Å²) in [6.07, 6.45) is 1.32. The molecular formula is C16H18N4O2S2. The number of hydrogen-bond donors (Lipinski definition) is 2. The third kappa shape index (κ3) is 4.12. The Hall–Kier alpha value is -1.93. The zero-order chi connectivity index (χ0) is 17.1. The number of thioether (sulfide) groups is 1. The molecule has 1 aliphatic heterocycles. The summed E-state index contributed by atoms with van der Waals surface area (Å²) >= 11 is 3.00. The van der Waals surface area contributed by atoms with E-state index in [-0.39, 0.29) is 11.8 Å². The van der Waals surface area contributed by atoms with Gasteiger partial charge in [-0.1, -0.05) is 25.2 Å². The van der Waals surface area contributed by atoms with Crippen molar-refractivity contribution in [2.24, 2.45) is 5.92 Å². The second-order valence-corrected chi connectivity index (χ2v) is 8.11. The molecule has 2 heterocycles. The van der Waals surface area contributed by atoms with E-state index < -0.39 is 0 Å². The number of anilines is 2. The van der Waals surface area contributed by atoms with Crippen molar-refractivity contribution in [3.63, 3.8) is 0 Å². The van der Waals surface area contributed by atoms with E-state index in [1.165, 1.54) is 11.3 Å². The van der Waals surface area contributed by atoms with Gasteiger partial charge in [0.15, 0.2) is 0 Å². The van der Waals surface area contributed by atoms with Gasteiger partial charge in [-0.25, -0.2) is 0 Å². The highest BCUT2D eigenvalue weighted by molar-refractivity contribution is 7.99. The van der Waals surface area contributed by atoms with E-state index in [0.717, 1.165) is 22.1 Å². The van der Waals surface area contributed by atoms with Crippen LogP contribution in [-0.4, -0.2) is 27.8 Å². The number of amides is 2. The standard InChI is InChI=1S/C16H18N4O2S2/c1-9(2)7-14-19-20-16(24-14)18-15(22)10-3-4-12-11(8-10)17-13(21)5-6-23-12/h3-4,8-9H,5-7H2,1-2H3,(H,17,21)(H,18,20,22). The molecule has 0 fully saturated rings. The molecule has 0 saturated heterocycles. The SMILES string of the molecule is CC(C)Cc1nnc(NC(=O)c2ccc3c(c2)NC(=O)CCS3)s1. The lowest BCUT2D eigenvalue weighted by atomic mass is 10.1. The lowest BCUT2D eigenvalue weighted by Gasteiger charge is -2.08. The van der Waals surface area contributed by atoms with Crippen molar-refractivity contribution >= 4 is 45.7 Å². The van der Waals surface area contributed by atoms with Crippen molar-refractivity contribution in [3.8, 4) is 0 Å². The molecule has 0 bridgehead atoms. The van der Waals surface area contributed by atoms with Crippen LogP contribution in [0.3, 0.4) is 0 Å². The van der Waals surface area contributed by atoms with Gasteiger partial charge >= 0.3 is 0 Å². The highest BCUT2D eigenvalue weighted by atomic mass is 32.2. The van der Waals surface area contributed by atoms with Crippen LogP contribution in [0.5, 0.6) is 0 Å². The molecular weight excluding hydrogens is 344 g/mol. The number of nitrogens with one attached hydrogen (secondary N) is 2. The molecule has 126 valence electrons. The van der Waals surface area contributed by atoms with E-state index in [4.69, 9.17) is 0 Å². The minimum atomic E-state index is -0.256. The highest BCUT2D eigenvalue weighted by Crippen LogP contribution is 2.31. The van der Waals surface area contributed by atoms with Crippen molar-refractivity contribution in [1.29, 1.82) is 0 Å². The minimum absolute atomic E-state index is 0.0266. The molecule has 0 aliphatic carbocycles. The van der Waals surface area contributed by atoms with Crippen LogP contribution in [0.2, 0.25) is 0 Å². The van der Waals surface area contributed by atoms with Crippen molar-refractivity contribution < 1.29 is 9.59 Å². The fraction of sp³-hybridized carbons (Fsp3) is 0.375. The van der Waals surface area contributed by atoms with Crippen molar-refractivity contribution in [3.05, 3.63) is 28.8 Å². The van der Waals surface area contributed by atoms with E-state index in [1.54, 1.807) is 23.9 Å². The number of carbonyl (C=O) groups excluding carboxylic acids is 2. The van der Waals surface area contributed by atoms with Gasteiger partial charge in [-0.2, -0.15) is 0 Å². The first-order valence-corrected chi connectivity index (χ1v) is 9.52. The van der Waals surface area contributed by atoms with Crippen molar-refractivity contribution in [2.45, 2.75) is 31.6 Å². The van der Waals surface area contributed by atoms with E-state index in [2.05, 4.69) is 34.7 Å². The molecule has 6 nitrogen and oxygen atoms in total. The molecule has 0 unspecified atom stereocenters. The lowest BCUT2D eigenvalue weighted by Crippen LogP contribution is -2.14. The van der Waals surface area contributed by atoms with E-state index in [9.17, 15) is 9.59 Å². The smallest absolute Gasteiger partial charge is 0.257 e. The zero-order valence-corrected chi connectivity index (χ0v) is 15.1. The van der Waals surface area contributed by atoms with Crippen LogP contribution in [0.4, 0.5) is 10.8 Å². The quantitative estimate of drug-likeness (QED) is 0.870. The summed E-state index contributed by atoms with van der Waals surface area (Å²) in [5.41, 5.74) is 1.17. The number of aromatic nitrogens is 2. The Labute approximate surface area is 148 Å². The van der Waals surface area contributed by atoms with Crippen LogP contribution in [-0.2, 0) is 11.2 Å². The molecule has 3 rings (SSSR count). The van der Waals surface area contributed by atoms with Crippen LogP contribution >= 0.6 is 23.1 Å². The topological polar surface area (TPSA) is 84.0 Å². The number of carbonyl (C=O) groups is 2. The Morgan fingerprint density at radius 3 is 3.00 bits per heavy atom. The van der Waals surface area contributed by atoms with Crippen molar-refractivity contribution in [2.75, 3.05) is 16.4 Å². The van der Waals surface area contributed by atoms with Crippen LogP contribution in [0.1, 0.15) is 35.6 Å². The highest BCUT2D eigenvalue weighted by Gasteiger charge is 2.17. The van der Waals surface area contributed by atoms with Gasteiger partial charge in [0.05, 0.1) is 5.69 Å². The predicted octanol–water partition coefficient (Wildman–Crippen LogP) is 3.42. The van der Waals surface area contributed by atoms with Crippen molar-refractivity contribution in [1.82, 2.24) is 10.2 Å². The summed E-state index contributed by atoms with van der Waals surface area (Å²) in [4.78, 5) is 25.1. The number of nitrogens with zero attached hydrogens (tertiary/aromatic N) is 2. The molecule has 8 heteroatoms. The van der Waals surface area contributed by atoms with Gasteiger partial charge in [0.2, 0.25) is 11.0 Å². The summed E-state index contributed by atoms with van der Waals surface area (Å²) in [6, 6.07) is 5.33. The summed E-state index contributed by atoms with van der Waals surface area (Å²) in [7, 11) is 0. The molecule has 2 aromatic rings. The maximum atomic E-state index is 12.4. The zero-order valence-electron chi connectivity index (χ0n) is 13.5. The van der Waals surface area contributed by atoms with Gasteiger partial charge in [-0.3, -0.25) is 14.9 Å². The summed E-state index contributed by atoms with van der Waals surface area (Å²) in [5.74, 6) is 0.954. The normalized spacial score (nSPS) is 14.0. The Balaban J connectivity index is 1.73. The van der Waals surface area contributed by atoms with Gasteiger partial charge in [-0.15, -0.1) is 22.0 Å². The molecule has 1 aliphatic rings. The second-order valence-electron chi connectivity index (χ2n) is 5.91. The first kappa shape index (κ1) is 16.9. The Bertz CT molecular complexity index is 773. The molecule has 0 radical (unpaired) electrons. The van der Waals surface area contributed by atoms with Crippen LogP contribution in [0.25, 0.3) is 0 Å². The van der Waals surface area contributed by atoms with Gasteiger partial charge in [0.25, 0.3) is 5.91 Å². The number of rotatable bonds is 4. The number of fused-ring (bicyclic) bond motifs is 1. The number of hydrogen-bond acceptors (Lipinski definition) is 6. The van der Waals surface area contributed by atoms with E-state index in [0.29, 0.717) is 28.7 Å². The third-order valence-electron chi connectivity index (χ3n) is 3.37. The first-order valence-electron chi connectivity index (χ1n) is 7.71. The van der Waals surface area contributed by atoms with Gasteiger partial charge in [0.1, 0.15) is 5.01 Å². The first-order chi connectivity index (χ1) is 11.5. The molecule has 1 aromatic heterocycles. The second kappa shape index (κ2) is 7.31. The molecule has 24 heavy (non-hydrogen) atoms. The van der Waals surface area contributed by atoms with Gasteiger partial charge < -0.3 is 5.32 Å². The fourth-order valence-electron chi connectivity index (χ4n) is 2.27. The monoisotopic (exact) mass is 362 g/mol. The van der Waals surface area contributed by atoms with Crippen LogP contribution in [0, 0.1) is 5.92 Å². The Morgan fingerprint density at radius 2 is 2.21 bits per heavy atom. The third-order valence-corrected chi connectivity index (χ3v) is 5.31. The maximum absolute atomic E-state index is 12.4. The fourth-order valence-corrected chi connectivity index (χ4v) is 4.15. The van der Waals surface area contributed by atoms with E-state index in [1.807, 2.05) is 6.07 Å². The molecule has 0 saturated carbocycles. The summed E-state index contributed by atoms with van der Waals surface area (Å²) in [5, 5.41) is 15.1. The predicted molar refractivity (Wildman–Crippen MR) is 96.8 cm³/mol. The van der Waals surface area contributed by atoms with E-state index >= 15 is 0 Å². The average molecular weight is 362 g/mol. The molecule has 2 N–H and O–H groups in total. The Morgan fingerprint density at radius 1 is 1.38 bits per heavy atom. The molecule has 1 aromatic carbocycles. The minimum Gasteiger partial charge on any atom is -0.325 e. The molecule has 0 spiro atoms. The average Bonchev–Trinajstić information content (AvgIpc) is 2.85. The maximum Gasteiger partial charge on any atom is 0.257 e. The van der Waals surface area contributed by atoms with Crippen LogP contribution in [0.15, 0.2) is 23.1 Å². The Kier molecular flexibility index (Phi) is 5.15. The lowest BCUT2D eigenvalue weighted by molar-refractivity contribution is -0.115. The largest absolute Gasteiger partial charge is 0.325 e. The van der Waals surface area contributed by atoms with Crippen LogP contribution < -0.4 is 10.6 Å². The summed E-state index contributed by atoms with van der Waals surface area (Å²) in [6.45, 7) is 4.23. The molecule has 2 amide bonds. The van der Waals surface area contributed by atoms with Gasteiger partial charge in [0, 0.05) is 29.1 Å². The number of benzene rings is 1.